The molecular weight excluding hydrogens is 1260 g/mol. The van der Waals surface area contributed by atoms with Crippen molar-refractivity contribution in [2.75, 3.05) is 9.80 Å². The summed E-state index contributed by atoms with van der Waals surface area (Å²) in [5, 5.41) is 7.77. The molecule has 15 aromatic rings. The third-order valence-electron chi connectivity index (χ3n) is 22.7. The molecular formula is C102H93BN2. The van der Waals surface area contributed by atoms with Gasteiger partial charge in [-0.1, -0.05) is 334 Å². The second-order valence-electron chi connectivity index (χ2n) is 35.0. The lowest BCUT2D eigenvalue weighted by Crippen LogP contribution is -2.61. The molecule has 0 unspecified atom stereocenters. The number of anilines is 6. The summed E-state index contributed by atoms with van der Waals surface area (Å²) in [4.78, 5) is 5.47. The highest BCUT2D eigenvalue weighted by molar-refractivity contribution is 7.00. The molecule has 2 aliphatic heterocycles. The first-order chi connectivity index (χ1) is 50.2. The third-order valence-corrected chi connectivity index (χ3v) is 22.7. The summed E-state index contributed by atoms with van der Waals surface area (Å²) in [6, 6.07) is 113. The van der Waals surface area contributed by atoms with Gasteiger partial charge in [-0.25, -0.2) is 0 Å². The molecule has 0 aromatic heterocycles. The average molecular weight is 1360 g/mol. The van der Waals surface area contributed by atoms with E-state index in [-0.39, 0.29) is 33.8 Å². The van der Waals surface area contributed by atoms with Crippen LogP contribution in [0.2, 0.25) is 0 Å². The number of hydrogen-bond donors (Lipinski definition) is 0. The minimum atomic E-state index is -0.244. The van der Waals surface area contributed by atoms with Gasteiger partial charge < -0.3 is 9.80 Å². The van der Waals surface area contributed by atoms with E-state index in [2.05, 4.69) is 405 Å². The summed E-state index contributed by atoms with van der Waals surface area (Å²) in [6.45, 7) is 35.0. The molecule has 2 aliphatic rings. The molecule has 2 nitrogen and oxygen atoms in total. The van der Waals surface area contributed by atoms with Crippen LogP contribution >= 0.6 is 0 Å². The zero-order valence-electron chi connectivity index (χ0n) is 63.7. The number of benzene rings is 15. The van der Waals surface area contributed by atoms with E-state index >= 15 is 0 Å². The molecule has 514 valence electrons. The van der Waals surface area contributed by atoms with Gasteiger partial charge in [-0.2, -0.15) is 0 Å². The van der Waals surface area contributed by atoms with E-state index in [0.29, 0.717) is 0 Å². The standard InChI is InChI=1S/C102H93BN2/c1-98(2,3)76-47-43-65(44-48-76)74-57-91-95-92(58-74)105(97-84(68-37-27-19-28-38-68)61-80(102(13,14)15)62-85(97)69-39-29-20-30-40-69)90-56-71(81-54-75-53-77(99(4,5)6)51-72-41-42-73-52-78(100(7,8)9)63-86(81)94(73)93(72)75)45-49-87(90)103(95)88-55-70(64-31-21-16-22-32-64)46-50-89(88)104(91)96-82(66-33-23-17-24-34-66)59-79(101(10,11)12)60-83(96)67-35-25-18-26-36-67/h16-63H,1-15H3. The summed E-state index contributed by atoms with van der Waals surface area (Å²) in [6.07, 6.45) is 0. The molecule has 0 saturated carbocycles. The number of hydrogen-bond acceptors (Lipinski definition) is 2. The van der Waals surface area contributed by atoms with Crippen molar-refractivity contribution in [1.29, 1.82) is 0 Å². The summed E-state index contributed by atoms with van der Waals surface area (Å²) < 4.78 is 0. The highest BCUT2D eigenvalue weighted by Crippen LogP contribution is 2.56. The van der Waals surface area contributed by atoms with Crippen LogP contribution in [-0.2, 0) is 27.1 Å². The van der Waals surface area contributed by atoms with Gasteiger partial charge in [-0.3, -0.25) is 0 Å². The van der Waals surface area contributed by atoms with Crippen LogP contribution < -0.4 is 26.2 Å². The van der Waals surface area contributed by atoms with Crippen molar-refractivity contribution in [3.8, 4) is 77.9 Å². The highest BCUT2D eigenvalue weighted by atomic mass is 15.2. The topological polar surface area (TPSA) is 6.48 Å². The zero-order valence-corrected chi connectivity index (χ0v) is 63.7. The Morgan fingerprint density at radius 3 is 1.03 bits per heavy atom. The minimum Gasteiger partial charge on any atom is -0.310 e. The lowest BCUT2D eigenvalue weighted by molar-refractivity contribution is 0.590. The maximum Gasteiger partial charge on any atom is 0.252 e. The predicted molar refractivity (Wildman–Crippen MR) is 456 cm³/mol. The van der Waals surface area contributed by atoms with Gasteiger partial charge in [0.05, 0.1) is 11.4 Å². The van der Waals surface area contributed by atoms with Crippen molar-refractivity contribution in [2.24, 2.45) is 0 Å². The fourth-order valence-corrected chi connectivity index (χ4v) is 16.8. The van der Waals surface area contributed by atoms with Gasteiger partial charge in [0.25, 0.3) is 6.71 Å². The molecule has 0 saturated heterocycles. The number of rotatable bonds is 9. The molecule has 0 N–H and O–H groups in total. The van der Waals surface area contributed by atoms with Crippen LogP contribution in [-0.4, -0.2) is 6.71 Å². The Hall–Kier alpha value is -11.0. The van der Waals surface area contributed by atoms with Crippen LogP contribution in [0.3, 0.4) is 0 Å². The summed E-state index contributed by atoms with van der Waals surface area (Å²) in [7, 11) is 0. The van der Waals surface area contributed by atoms with Gasteiger partial charge in [0.2, 0.25) is 0 Å². The predicted octanol–water partition coefficient (Wildman–Crippen LogP) is 26.8. The van der Waals surface area contributed by atoms with E-state index in [1.807, 2.05) is 0 Å². The second-order valence-corrected chi connectivity index (χ2v) is 35.0. The molecule has 0 fully saturated rings. The van der Waals surface area contributed by atoms with E-state index in [1.165, 1.54) is 121 Å². The molecule has 2 heterocycles. The van der Waals surface area contributed by atoms with Crippen molar-refractivity contribution in [3.63, 3.8) is 0 Å². The SMILES string of the molecule is CC(C)(C)c1ccc(-c2cc3c4c(c2)N(c2c(-c5ccccc5)cc(C(C)(C)C)cc2-c2ccccc2)c2cc(-c5cc6cc(C(C)(C)C)cc7ccc8cc(C(C)(C)C)cc5c8c76)ccc2B4c2cc(-c4ccccc4)ccc2N3c2c(-c3ccccc3)cc(C(C)(C)C)cc2-c2ccccc2)cc1. The fourth-order valence-electron chi connectivity index (χ4n) is 16.8. The van der Waals surface area contributed by atoms with Crippen molar-refractivity contribution >= 4 is 89.5 Å². The van der Waals surface area contributed by atoms with Gasteiger partial charge in [0.1, 0.15) is 0 Å². The Morgan fingerprint density at radius 2 is 0.581 bits per heavy atom. The maximum absolute atomic E-state index is 2.76. The first-order valence-corrected chi connectivity index (χ1v) is 37.8. The Kier molecular flexibility index (Phi) is 15.9. The molecule has 0 radical (unpaired) electrons. The zero-order chi connectivity index (χ0) is 72.8. The average Bonchev–Trinajstić information content (AvgIpc) is 0.686. The van der Waals surface area contributed by atoms with Crippen LogP contribution in [0.15, 0.2) is 291 Å². The van der Waals surface area contributed by atoms with Gasteiger partial charge in [-0.15, -0.1) is 0 Å². The lowest BCUT2D eigenvalue weighted by Gasteiger charge is -2.46. The Bertz CT molecular complexity index is 5750. The van der Waals surface area contributed by atoms with Gasteiger partial charge >= 0.3 is 0 Å². The van der Waals surface area contributed by atoms with Crippen molar-refractivity contribution in [1.82, 2.24) is 0 Å². The molecule has 105 heavy (non-hydrogen) atoms. The molecule has 0 bridgehead atoms. The molecule has 0 amide bonds. The Labute approximate surface area is 623 Å². The van der Waals surface area contributed by atoms with E-state index in [9.17, 15) is 0 Å². The van der Waals surface area contributed by atoms with E-state index < -0.39 is 0 Å². The summed E-state index contributed by atoms with van der Waals surface area (Å²) >= 11 is 0. The van der Waals surface area contributed by atoms with Crippen molar-refractivity contribution < 1.29 is 0 Å². The fraction of sp³-hybridized carbons (Fsp3) is 0.196. The lowest BCUT2D eigenvalue weighted by atomic mass is 9.33. The van der Waals surface area contributed by atoms with Crippen LogP contribution in [0.1, 0.15) is 132 Å². The van der Waals surface area contributed by atoms with Crippen molar-refractivity contribution in [3.05, 3.63) is 319 Å². The quantitative estimate of drug-likeness (QED) is 0.105. The van der Waals surface area contributed by atoms with E-state index in [0.717, 1.165) is 67.5 Å². The minimum absolute atomic E-state index is 0.0518. The Balaban J connectivity index is 1.08. The molecule has 15 aromatic carbocycles. The third kappa shape index (κ3) is 11.8. The number of nitrogens with zero attached hydrogens (tertiary/aromatic N) is 2. The second kappa shape index (κ2) is 24.8. The van der Waals surface area contributed by atoms with E-state index in [4.69, 9.17) is 0 Å². The van der Waals surface area contributed by atoms with Gasteiger partial charge in [-0.05, 0) is 220 Å². The normalized spacial score (nSPS) is 13.2. The van der Waals surface area contributed by atoms with E-state index in [1.54, 1.807) is 0 Å². The first kappa shape index (κ1) is 67.2. The summed E-state index contributed by atoms with van der Waals surface area (Å²) in [5.74, 6) is 0. The smallest absolute Gasteiger partial charge is 0.252 e. The maximum atomic E-state index is 2.76. The molecule has 0 aliphatic carbocycles. The molecule has 3 heteroatoms. The largest absolute Gasteiger partial charge is 0.310 e. The van der Waals surface area contributed by atoms with Gasteiger partial charge in [0.15, 0.2) is 0 Å². The molecule has 0 atom stereocenters. The highest BCUT2D eigenvalue weighted by Gasteiger charge is 2.46. The summed E-state index contributed by atoms with van der Waals surface area (Å²) in [5.41, 5.74) is 32.9. The number of fused-ring (bicyclic) bond motifs is 4. The molecule has 17 rings (SSSR count). The van der Waals surface area contributed by atoms with Crippen LogP contribution in [0.25, 0.3) is 110 Å². The van der Waals surface area contributed by atoms with Crippen LogP contribution in [0.4, 0.5) is 34.1 Å². The Morgan fingerprint density at radius 1 is 0.219 bits per heavy atom. The van der Waals surface area contributed by atoms with Crippen LogP contribution in [0.5, 0.6) is 0 Å². The van der Waals surface area contributed by atoms with Crippen LogP contribution in [0, 0.1) is 0 Å². The first-order valence-electron chi connectivity index (χ1n) is 37.8. The van der Waals surface area contributed by atoms with Crippen molar-refractivity contribution in [2.45, 2.75) is 131 Å². The van der Waals surface area contributed by atoms with Gasteiger partial charge in [0, 0.05) is 45.0 Å². The monoisotopic (exact) mass is 1360 g/mol. The molecule has 0 spiro atoms.